The third kappa shape index (κ3) is 3.79. The minimum Gasteiger partial charge on any atom is -0.495 e. The van der Waals surface area contributed by atoms with Gasteiger partial charge in [0, 0.05) is 29.4 Å². The molecular formula is C19H18Cl2N2O3. The zero-order chi connectivity index (χ0) is 18.8. The highest BCUT2D eigenvalue weighted by molar-refractivity contribution is 6.32. The molecule has 1 aliphatic heterocycles. The third-order valence-electron chi connectivity index (χ3n) is 4.39. The van der Waals surface area contributed by atoms with Gasteiger partial charge < -0.3 is 15.0 Å². The lowest BCUT2D eigenvalue weighted by Gasteiger charge is -2.18. The maximum absolute atomic E-state index is 12.6. The van der Waals surface area contributed by atoms with Crippen LogP contribution in [0.2, 0.25) is 10.0 Å². The molecule has 1 aliphatic rings. The van der Waals surface area contributed by atoms with Crippen LogP contribution in [0.15, 0.2) is 36.4 Å². The third-order valence-corrected chi connectivity index (χ3v) is 4.92. The summed E-state index contributed by atoms with van der Waals surface area (Å²) in [6, 6.07) is 10.4. The fourth-order valence-corrected chi connectivity index (χ4v) is 3.44. The molecule has 0 bridgehead atoms. The number of aryl methyl sites for hydroxylation is 1. The van der Waals surface area contributed by atoms with Crippen molar-refractivity contribution in [3.8, 4) is 5.75 Å². The first-order valence-electron chi connectivity index (χ1n) is 8.10. The van der Waals surface area contributed by atoms with Crippen LogP contribution in [0.3, 0.4) is 0 Å². The fraction of sp³-hybridized carbons (Fsp3) is 0.263. The molecule has 0 spiro atoms. The van der Waals surface area contributed by atoms with Crippen LogP contribution in [-0.2, 0) is 9.59 Å². The summed E-state index contributed by atoms with van der Waals surface area (Å²) in [7, 11) is 1.53. The molecule has 3 rings (SSSR count). The maximum Gasteiger partial charge on any atom is 0.229 e. The van der Waals surface area contributed by atoms with Crippen molar-refractivity contribution >= 4 is 46.4 Å². The minimum atomic E-state index is -0.432. The van der Waals surface area contributed by atoms with Gasteiger partial charge in [-0.1, -0.05) is 23.2 Å². The Morgan fingerprint density at radius 3 is 2.65 bits per heavy atom. The van der Waals surface area contributed by atoms with Gasteiger partial charge in [-0.3, -0.25) is 9.59 Å². The lowest BCUT2D eigenvalue weighted by atomic mass is 10.1. The van der Waals surface area contributed by atoms with Crippen LogP contribution in [0.4, 0.5) is 11.4 Å². The first kappa shape index (κ1) is 18.5. The largest absolute Gasteiger partial charge is 0.495 e. The van der Waals surface area contributed by atoms with Crippen LogP contribution in [-0.4, -0.2) is 25.5 Å². The summed E-state index contributed by atoms with van der Waals surface area (Å²) >= 11 is 12.1. The topological polar surface area (TPSA) is 58.6 Å². The number of nitrogens with one attached hydrogen (secondary N) is 1. The van der Waals surface area contributed by atoms with Crippen molar-refractivity contribution in [2.24, 2.45) is 5.92 Å². The van der Waals surface area contributed by atoms with Gasteiger partial charge in [-0.2, -0.15) is 0 Å². The SMILES string of the molecule is COc1ccc(N2CC(C(=O)Nc3ccc(Cl)cc3C)CC2=O)cc1Cl. The number of halogens is 2. The average molecular weight is 393 g/mol. The van der Waals surface area contributed by atoms with Crippen molar-refractivity contribution in [3.63, 3.8) is 0 Å². The van der Waals surface area contributed by atoms with E-state index in [0.29, 0.717) is 33.7 Å². The van der Waals surface area contributed by atoms with Crippen LogP contribution in [0.5, 0.6) is 5.75 Å². The van der Waals surface area contributed by atoms with Gasteiger partial charge >= 0.3 is 0 Å². The number of rotatable bonds is 4. The smallest absolute Gasteiger partial charge is 0.229 e. The van der Waals surface area contributed by atoms with Crippen LogP contribution >= 0.6 is 23.2 Å². The highest BCUT2D eigenvalue weighted by Gasteiger charge is 2.35. The number of carbonyl (C=O) groups is 2. The maximum atomic E-state index is 12.6. The second-order valence-corrected chi connectivity index (χ2v) is 7.02. The van der Waals surface area contributed by atoms with E-state index in [1.54, 1.807) is 41.3 Å². The molecule has 0 radical (unpaired) electrons. The first-order valence-corrected chi connectivity index (χ1v) is 8.85. The quantitative estimate of drug-likeness (QED) is 0.843. The number of hydrogen-bond acceptors (Lipinski definition) is 3. The summed E-state index contributed by atoms with van der Waals surface area (Å²) in [6.45, 7) is 2.17. The van der Waals surface area contributed by atoms with Crippen molar-refractivity contribution in [2.75, 3.05) is 23.9 Å². The Hall–Kier alpha value is -2.24. The molecule has 2 aromatic rings. The molecule has 1 saturated heterocycles. The number of nitrogens with zero attached hydrogens (tertiary/aromatic N) is 1. The predicted octanol–water partition coefficient (Wildman–Crippen LogP) is 4.30. The molecule has 2 amide bonds. The normalized spacial score (nSPS) is 16.7. The molecule has 2 aromatic carbocycles. The number of methoxy groups -OCH3 is 1. The lowest BCUT2D eigenvalue weighted by Crippen LogP contribution is -2.28. The number of anilines is 2. The van der Waals surface area contributed by atoms with Crippen molar-refractivity contribution in [1.29, 1.82) is 0 Å². The Bertz CT molecular complexity index is 870. The van der Waals surface area contributed by atoms with E-state index in [1.165, 1.54) is 7.11 Å². The monoisotopic (exact) mass is 392 g/mol. The molecule has 1 unspecified atom stereocenters. The van der Waals surface area contributed by atoms with Crippen molar-refractivity contribution in [3.05, 3.63) is 52.0 Å². The van der Waals surface area contributed by atoms with E-state index < -0.39 is 5.92 Å². The average Bonchev–Trinajstić information content (AvgIpc) is 2.99. The van der Waals surface area contributed by atoms with Crippen LogP contribution < -0.4 is 15.0 Å². The summed E-state index contributed by atoms with van der Waals surface area (Å²) in [5.74, 6) is -0.196. The second-order valence-electron chi connectivity index (χ2n) is 6.17. The summed E-state index contributed by atoms with van der Waals surface area (Å²) in [4.78, 5) is 26.5. The Morgan fingerprint density at radius 2 is 2.00 bits per heavy atom. The molecule has 1 N–H and O–H groups in total. The van der Waals surface area contributed by atoms with Crippen LogP contribution in [0.25, 0.3) is 0 Å². The number of amides is 2. The molecule has 7 heteroatoms. The van der Waals surface area contributed by atoms with Gasteiger partial charge in [-0.25, -0.2) is 0 Å². The van der Waals surface area contributed by atoms with E-state index in [4.69, 9.17) is 27.9 Å². The first-order chi connectivity index (χ1) is 12.4. The van der Waals surface area contributed by atoms with Gasteiger partial charge in [0.1, 0.15) is 5.75 Å². The molecule has 26 heavy (non-hydrogen) atoms. The van der Waals surface area contributed by atoms with E-state index in [0.717, 1.165) is 5.56 Å². The zero-order valence-electron chi connectivity index (χ0n) is 14.4. The van der Waals surface area contributed by atoms with Crippen LogP contribution in [0.1, 0.15) is 12.0 Å². The van der Waals surface area contributed by atoms with E-state index in [2.05, 4.69) is 5.32 Å². The van der Waals surface area contributed by atoms with E-state index in [-0.39, 0.29) is 18.2 Å². The summed E-state index contributed by atoms with van der Waals surface area (Å²) in [6.07, 6.45) is 0.155. The Labute approximate surface area is 161 Å². The van der Waals surface area contributed by atoms with Gasteiger partial charge in [0.25, 0.3) is 0 Å². The zero-order valence-corrected chi connectivity index (χ0v) is 15.9. The Morgan fingerprint density at radius 1 is 1.23 bits per heavy atom. The second kappa shape index (κ2) is 7.56. The van der Waals surface area contributed by atoms with Crippen LogP contribution in [0, 0.1) is 12.8 Å². The van der Waals surface area contributed by atoms with Gasteiger partial charge in [0.2, 0.25) is 11.8 Å². The molecule has 0 aliphatic carbocycles. The summed E-state index contributed by atoms with van der Waals surface area (Å²) < 4.78 is 5.13. The molecule has 136 valence electrons. The summed E-state index contributed by atoms with van der Waals surface area (Å²) in [5, 5.41) is 3.91. The molecule has 0 saturated carbocycles. The molecule has 1 fully saturated rings. The fourth-order valence-electron chi connectivity index (χ4n) is 2.96. The molecule has 5 nitrogen and oxygen atoms in total. The Balaban J connectivity index is 1.72. The van der Waals surface area contributed by atoms with Crippen molar-refractivity contribution in [1.82, 2.24) is 0 Å². The van der Waals surface area contributed by atoms with Crippen molar-refractivity contribution < 1.29 is 14.3 Å². The van der Waals surface area contributed by atoms with Gasteiger partial charge in [0.05, 0.1) is 18.1 Å². The highest BCUT2D eigenvalue weighted by Crippen LogP contribution is 2.32. The number of ether oxygens (including phenoxy) is 1. The number of benzene rings is 2. The highest BCUT2D eigenvalue weighted by atomic mass is 35.5. The minimum absolute atomic E-state index is 0.112. The van der Waals surface area contributed by atoms with E-state index in [9.17, 15) is 9.59 Å². The van der Waals surface area contributed by atoms with E-state index >= 15 is 0 Å². The molecule has 1 atom stereocenters. The molecule has 0 aromatic heterocycles. The van der Waals surface area contributed by atoms with Gasteiger partial charge in [0.15, 0.2) is 0 Å². The van der Waals surface area contributed by atoms with E-state index in [1.807, 2.05) is 6.92 Å². The lowest BCUT2D eigenvalue weighted by molar-refractivity contribution is -0.122. The number of carbonyl (C=O) groups excluding carboxylic acids is 2. The van der Waals surface area contributed by atoms with Gasteiger partial charge in [-0.05, 0) is 48.9 Å². The van der Waals surface area contributed by atoms with Gasteiger partial charge in [-0.15, -0.1) is 0 Å². The molecule has 1 heterocycles. The molecular weight excluding hydrogens is 375 g/mol. The standard InChI is InChI=1S/C19H18Cl2N2O3/c1-11-7-13(20)3-5-16(11)22-19(25)12-8-18(24)23(10-12)14-4-6-17(26-2)15(21)9-14/h3-7,9,12H,8,10H2,1-2H3,(H,22,25). The van der Waals surface area contributed by atoms with Crippen molar-refractivity contribution in [2.45, 2.75) is 13.3 Å². The Kier molecular flexibility index (Phi) is 5.39. The summed E-state index contributed by atoms with van der Waals surface area (Å²) in [5.41, 5.74) is 2.21. The number of hydrogen-bond donors (Lipinski definition) is 1. The predicted molar refractivity (Wildman–Crippen MR) is 103 cm³/mol.